The van der Waals surface area contributed by atoms with E-state index < -0.39 is 0 Å². The average Bonchev–Trinajstić information content (AvgIpc) is 2.67. The highest BCUT2D eigenvalue weighted by atomic mass is 16.1. The van der Waals surface area contributed by atoms with Crippen molar-refractivity contribution in [2.45, 2.75) is 66.3 Å². The van der Waals surface area contributed by atoms with E-state index in [0.717, 1.165) is 25.8 Å². The Morgan fingerprint density at radius 1 is 1.22 bits per heavy atom. The molecule has 1 amide bonds. The van der Waals surface area contributed by atoms with Crippen molar-refractivity contribution in [1.82, 2.24) is 5.32 Å². The van der Waals surface area contributed by atoms with Crippen molar-refractivity contribution in [3.63, 3.8) is 0 Å². The fraction of sp³-hybridized carbons (Fsp3) is 0.933. The Labute approximate surface area is 112 Å². The molecule has 1 fully saturated rings. The minimum absolute atomic E-state index is 0.203. The summed E-state index contributed by atoms with van der Waals surface area (Å²) in [5.74, 6) is 0.801. The summed E-state index contributed by atoms with van der Waals surface area (Å²) < 4.78 is 0. The topological polar surface area (TPSA) is 55.1 Å². The molecule has 1 saturated carbocycles. The zero-order chi connectivity index (χ0) is 14.0. The fourth-order valence-corrected chi connectivity index (χ4v) is 2.91. The van der Waals surface area contributed by atoms with E-state index in [0.29, 0.717) is 18.4 Å². The van der Waals surface area contributed by atoms with Crippen LogP contribution in [0.5, 0.6) is 0 Å². The molecule has 1 aliphatic rings. The highest BCUT2D eigenvalue weighted by Gasteiger charge is 2.65. The highest BCUT2D eigenvalue weighted by Crippen LogP contribution is 2.62. The van der Waals surface area contributed by atoms with Gasteiger partial charge in [-0.3, -0.25) is 4.79 Å². The van der Waals surface area contributed by atoms with Gasteiger partial charge in [0.25, 0.3) is 0 Å². The Kier molecular flexibility index (Phi) is 4.82. The number of amides is 1. The molecule has 0 saturated heterocycles. The first-order valence-electron chi connectivity index (χ1n) is 7.26. The largest absolute Gasteiger partial charge is 0.352 e. The Hall–Kier alpha value is -0.570. The molecular formula is C15H30N2O. The fourth-order valence-electron chi connectivity index (χ4n) is 2.91. The van der Waals surface area contributed by atoms with Crippen LogP contribution < -0.4 is 11.1 Å². The molecule has 1 aliphatic carbocycles. The Bertz CT molecular complexity index is 283. The number of nitrogens with two attached hydrogens (primary N) is 1. The minimum atomic E-state index is 0.203. The van der Waals surface area contributed by atoms with Gasteiger partial charge in [0.2, 0.25) is 5.91 Å². The van der Waals surface area contributed by atoms with Crippen molar-refractivity contribution in [2.24, 2.45) is 22.5 Å². The normalized spacial score (nSPS) is 22.6. The smallest absolute Gasteiger partial charge is 0.220 e. The molecular weight excluding hydrogens is 224 g/mol. The second-order valence-corrected chi connectivity index (χ2v) is 6.83. The molecule has 1 unspecified atom stereocenters. The van der Waals surface area contributed by atoms with Crippen molar-refractivity contribution in [3.8, 4) is 0 Å². The number of nitrogens with one attached hydrogen (secondary N) is 1. The zero-order valence-corrected chi connectivity index (χ0v) is 12.7. The second-order valence-electron chi connectivity index (χ2n) is 6.83. The van der Waals surface area contributed by atoms with Gasteiger partial charge in [-0.1, -0.05) is 41.0 Å². The maximum Gasteiger partial charge on any atom is 0.220 e. The number of hydrogen-bond donors (Lipinski definition) is 2. The monoisotopic (exact) mass is 254 g/mol. The maximum absolute atomic E-state index is 12.0. The molecule has 0 aromatic heterocycles. The molecule has 0 spiro atoms. The van der Waals surface area contributed by atoms with E-state index in [2.05, 4.69) is 39.9 Å². The maximum atomic E-state index is 12.0. The van der Waals surface area contributed by atoms with E-state index >= 15 is 0 Å². The average molecular weight is 254 g/mol. The first-order valence-corrected chi connectivity index (χ1v) is 7.26. The molecule has 3 N–H and O–H groups in total. The van der Waals surface area contributed by atoms with Gasteiger partial charge in [-0.25, -0.2) is 0 Å². The molecule has 0 bridgehead atoms. The van der Waals surface area contributed by atoms with Crippen molar-refractivity contribution < 1.29 is 4.79 Å². The lowest BCUT2D eigenvalue weighted by Gasteiger charge is -2.13. The van der Waals surface area contributed by atoms with Gasteiger partial charge >= 0.3 is 0 Å². The minimum Gasteiger partial charge on any atom is -0.352 e. The Morgan fingerprint density at radius 2 is 1.78 bits per heavy atom. The number of carbonyl (C=O) groups excluding carboxylic acids is 1. The van der Waals surface area contributed by atoms with Crippen LogP contribution in [0.15, 0.2) is 0 Å². The van der Waals surface area contributed by atoms with Crippen LogP contribution in [0.25, 0.3) is 0 Å². The van der Waals surface area contributed by atoms with Gasteiger partial charge in [-0.05, 0) is 36.1 Å². The highest BCUT2D eigenvalue weighted by molar-refractivity contribution is 5.77. The molecule has 1 rings (SSSR count). The van der Waals surface area contributed by atoms with Gasteiger partial charge in [0.1, 0.15) is 0 Å². The lowest BCUT2D eigenvalue weighted by atomic mass is 9.96. The number of carbonyl (C=O) groups is 1. The molecule has 0 aromatic carbocycles. The second kappa shape index (κ2) is 5.60. The van der Waals surface area contributed by atoms with Crippen LogP contribution in [-0.2, 0) is 4.79 Å². The lowest BCUT2D eigenvalue weighted by Crippen LogP contribution is -2.30. The summed E-state index contributed by atoms with van der Waals surface area (Å²) >= 11 is 0. The Morgan fingerprint density at radius 3 is 2.17 bits per heavy atom. The van der Waals surface area contributed by atoms with Crippen LogP contribution in [0.3, 0.4) is 0 Å². The summed E-state index contributed by atoms with van der Waals surface area (Å²) in [6, 6.07) is 0.326. The van der Waals surface area contributed by atoms with Crippen LogP contribution in [0.1, 0.15) is 60.3 Å². The molecule has 3 nitrogen and oxygen atoms in total. The summed E-state index contributed by atoms with van der Waals surface area (Å²) in [6.45, 7) is 11.8. The molecule has 1 atom stereocenters. The van der Waals surface area contributed by atoms with E-state index in [1.807, 2.05) is 0 Å². The van der Waals surface area contributed by atoms with Crippen molar-refractivity contribution in [1.29, 1.82) is 0 Å². The lowest BCUT2D eigenvalue weighted by molar-refractivity contribution is -0.121. The van der Waals surface area contributed by atoms with Gasteiger partial charge in [-0.15, -0.1) is 0 Å². The standard InChI is InChI=1S/C15H30N2O/c1-6-11(9-10-16)7-8-12(18)17-13-14(2,3)15(13,4)5/h11,13H,6-10,16H2,1-5H3,(H,17,18). The van der Waals surface area contributed by atoms with Crippen molar-refractivity contribution in [2.75, 3.05) is 6.54 Å². The molecule has 0 heterocycles. The SMILES string of the molecule is CCC(CCN)CCC(=O)NC1C(C)(C)C1(C)C. The number of rotatable bonds is 7. The van der Waals surface area contributed by atoms with E-state index in [1.54, 1.807) is 0 Å². The predicted molar refractivity (Wildman–Crippen MR) is 76.2 cm³/mol. The predicted octanol–water partition coefficient (Wildman–Crippen LogP) is 2.69. The van der Waals surface area contributed by atoms with Gasteiger partial charge in [-0.2, -0.15) is 0 Å². The molecule has 18 heavy (non-hydrogen) atoms. The summed E-state index contributed by atoms with van der Waals surface area (Å²) in [4.78, 5) is 12.0. The third kappa shape index (κ3) is 3.05. The van der Waals surface area contributed by atoms with Crippen LogP contribution in [0.4, 0.5) is 0 Å². The van der Waals surface area contributed by atoms with E-state index in [4.69, 9.17) is 5.73 Å². The number of hydrogen-bond acceptors (Lipinski definition) is 2. The van der Waals surface area contributed by atoms with Gasteiger partial charge in [0, 0.05) is 12.5 Å². The summed E-state index contributed by atoms with van der Waals surface area (Å²) in [7, 11) is 0. The molecule has 3 heteroatoms. The van der Waals surface area contributed by atoms with Crippen LogP contribution in [-0.4, -0.2) is 18.5 Å². The zero-order valence-electron chi connectivity index (χ0n) is 12.7. The van der Waals surface area contributed by atoms with Gasteiger partial charge in [0.15, 0.2) is 0 Å². The van der Waals surface area contributed by atoms with E-state index in [1.165, 1.54) is 0 Å². The summed E-state index contributed by atoms with van der Waals surface area (Å²) in [5, 5.41) is 3.19. The third-order valence-corrected chi connectivity index (χ3v) is 5.26. The first-order chi connectivity index (χ1) is 8.27. The van der Waals surface area contributed by atoms with Crippen molar-refractivity contribution >= 4 is 5.91 Å². The molecule has 106 valence electrons. The summed E-state index contributed by atoms with van der Waals surface area (Å²) in [6.07, 6.45) is 3.75. The first kappa shape index (κ1) is 15.5. The van der Waals surface area contributed by atoms with Gasteiger partial charge < -0.3 is 11.1 Å². The van der Waals surface area contributed by atoms with Crippen LogP contribution in [0, 0.1) is 16.7 Å². The Balaban J connectivity index is 2.31. The molecule has 0 aliphatic heterocycles. The third-order valence-electron chi connectivity index (χ3n) is 5.26. The van der Waals surface area contributed by atoms with E-state index in [9.17, 15) is 4.79 Å². The molecule has 0 aromatic rings. The van der Waals surface area contributed by atoms with Crippen LogP contribution in [0.2, 0.25) is 0 Å². The molecule has 0 radical (unpaired) electrons. The van der Waals surface area contributed by atoms with Crippen LogP contribution >= 0.6 is 0 Å². The van der Waals surface area contributed by atoms with Crippen molar-refractivity contribution in [3.05, 3.63) is 0 Å². The van der Waals surface area contributed by atoms with E-state index in [-0.39, 0.29) is 16.7 Å². The van der Waals surface area contributed by atoms with Gasteiger partial charge in [0.05, 0.1) is 0 Å². The quantitative estimate of drug-likeness (QED) is 0.734. The summed E-state index contributed by atoms with van der Waals surface area (Å²) in [5.41, 5.74) is 6.03.